The molecule has 6 heteroatoms. The van der Waals surface area contributed by atoms with E-state index < -0.39 is 0 Å². The summed E-state index contributed by atoms with van der Waals surface area (Å²) in [5, 5.41) is 0.529. The minimum atomic E-state index is -0.312. The van der Waals surface area contributed by atoms with E-state index >= 15 is 0 Å². The highest BCUT2D eigenvalue weighted by atomic mass is 35.5. The van der Waals surface area contributed by atoms with E-state index in [1.54, 1.807) is 18.2 Å². The van der Waals surface area contributed by atoms with E-state index in [-0.39, 0.29) is 11.8 Å². The van der Waals surface area contributed by atoms with Gasteiger partial charge in [0.25, 0.3) is 11.8 Å². The lowest BCUT2D eigenvalue weighted by Gasteiger charge is -2.32. The molecule has 2 aromatic rings. The number of likely N-dealkylation sites (tertiary alicyclic amines) is 1. The van der Waals surface area contributed by atoms with Gasteiger partial charge < -0.3 is 9.64 Å². The molecule has 0 aromatic heterocycles. The lowest BCUT2D eigenvalue weighted by atomic mass is 9.97. The maximum absolute atomic E-state index is 13.7. The van der Waals surface area contributed by atoms with Crippen LogP contribution in [-0.2, 0) is 9.59 Å². The molecule has 0 spiro atoms. The standard InChI is InChI=1S/C25H27ClN2O3/c1-4-31-19-10-8-18(9-11-19)22-23(27-14-12-16(2)13-15-27)25(30)28(24(22)29)21-7-5-6-20(26)17(21)3/h5-11,16H,4,12-15H2,1-3H3. The number of hydrogen-bond acceptors (Lipinski definition) is 4. The molecule has 1 saturated heterocycles. The summed E-state index contributed by atoms with van der Waals surface area (Å²) in [6.45, 7) is 8.07. The fourth-order valence-corrected chi connectivity index (χ4v) is 4.42. The summed E-state index contributed by atoms with van der Waals surface area (Å²) in [4.78, 5) is 30.7. The van der Waals surface area contributed by atoms with Gasteiger partial charge >= 0.3 is 0 Å². The van der Waals surface area contributed by atoms with Crippen LogP contribution in [-0.4, -0.2) is 36.4 Å². The van der Waals surface area contributed by atoms with Crippen molar-refractivity contribution in [2.75, 3.05) is 24.6 Å². The first-order chi connectivity index (χ1) is 14.9. The van der Waals surface area contributed by atoms with Gasteiger partial charge in [0.2, 0.25) is 0 Å². The molecular weight excluding hydrogens is 412 g/mol. The van der Waals surface area contributed by atoms with Gasteiger partial charge in [-0.2, -0.15) is 0 Å². The SMILES string of the molecule is CCOc1ccc(C2=C(N3CCC(C)CC3)C(=O)N(c3cccc(Cl)c3C)C2=O)cc1. The van der Waals surface area contributed by atoms with Gasteiger partial charge in [-0.25, -0.2) is 4.90 Å². The number of benzene rings is 2. The largest absolute Gasteiger partial charge is 0.494 e. The van der Waals surface area contributed by atoms with Crippen LogP contribution in [0.5, 0.6) is 5.75 Å². The average molecular weight is 439 g/mol. The number of hydrogen-bond donors (Lipinski definition) is 0. The fourth-order valence-electron chi connectivity index (χ4n) is 4.25. The molecule has 2 aliphatic heterocycles. The second-order valence-corrected chi connectivity index (χ2v) is 8.59. The first kappa shape index (κ1) is 21.4. The molecule has 0 radical (unpaired) electrons. The van der Waals surface area contributed by atoms with Crippen LogP contribution in [0.1, 0.15) is 37.8 Å². The molecule has 2 aliphatic rings. The van der Waals surface area contributed by atoms with Crippen LogP contribution in [0.4, 0.5) is 5.69 Å². The van der Waals surface area contributed by atoms with E-state index in [2.05, 4.69) is 11.8 Å². The maximum Gasteiger partial charge on any atom is 0.282 e. The number of rotatable bonds is 5. The summed E-state index contributed by atoms with van der Waals surface area (Å²) < 4.78 is 5.54. The highest BCUT2D eigenvalue weighted by Crippen LogP contribution is 2.38. The molecular formula is C25H27ClN2O3. The van der Waals surface area contributed by atoms with Gasteiger partial charge in [0, 0.05) is 18.1 Å². The minimum Gasteiger partial charge on any atom is -0.494 e. The predicted octanol–water partition coefficient (Wildman–Crippen LogP) is 5.06. The molecule has 1 fully saturated rings. The van der Waals surface area contributed by atoms with Gasteiger partial charge in [-0.3, -0.25) is 9.59 Å². The third-order valence-corrected chi connectivity index (χ3v) is 6.50. The summed E-state index contributed by atoms with van der Waals surface area (Å²) in [5.74, 6) is 0.755. The van der Waals surface area contributed by atoms with Gasteiger partial charge in [0.1, 0.15) is 11.4 Å². The third-order valence-electron chi connectivity index (χ3n) is 6.09. The normalized spacial score (nSPS) is 17.7. The van der Waals surface area contributed by atoms with Crippen molar-refractivity contribution in [2.45, 2.75) is 33.6 Å². The molecule has 31 heavy (non-hydrogen) atoms. The second-order valence-electron chi connectivity index (χ2n) is 8.18. The molecule has 0 unspecified atom stereocenters. The lowest BCUT2D eigenvalue weighted by molar-refractivity contribution is -0.120. The Hall–Kier alpha value is -2.79. The van der Waals surface area contributed by atoms with E-state index in [1.165, 1.54) is 4.90 Å². The monoisotopic (exact) mass is 438 g/mol. The molecule has 0 saturated carbocycles. The van der Waals surface area contributed by atoms with Crippen molar-refractivity contribution in [3.05, 3.63) is 64.3 Å². The fraction of sp³-hybridized carbons (Fsp3) is 0.360. The smallest absolute Gasteiger partial charge is 0.282 e. The molecule has 2 aromatic carbocycles. The Kier molecular flexibility index (Phi) is 6.05. The molecule has 2 heterocycles. The van der Waals surface area contributed by atoms with Gasteiger partial charge in [0.05, 0.1) is 17.9 Å². The molecule has 0 bridgehead atoms. The first-order valence-electron chi connectivity index (χ1n) is 10.8. The van der Waals surface area contributed by atoms with Crippen molar-refractivity contribution in [3.63, 3.8) is 0 Å². The van der Waals surface area contributed by atoms with Crippen molar-refractivity contribution >= 4 is 34.7 Å². The summed E-state index contributed by atoms with van der Waals surface area (Å²) in [6.07, 6.45) is 2.00. The lowest BCUT2D eigenvalue weighted by Crippen LogP contribution is -2.38. The zero-order chi connectivity index (χ0) is 22.1. The van der Waals surface area contributed by atoms with E-state index in [9.17, 15) is 9.59 Å². The summed E-state index contributed by atoms with van der Waals surface area (Å²) in [6, 6.07) is 12.7. The number of amides is 2. The van der Waals surface area contributed by atoms with E-state index in [4.69, 9.17) is 16.3 Å². The summed E-state index contributed by atoms with van der Waals surface area (Å²) in [5.41, 5.74) is 2.90. The maximum atomic E-state index is 13.7. The van der Waals surface area contributed by atoms with Crippen molar-refractivity contribution < 1.29 is 14.3 Å². The minimum absolute atomic E-state index is 0.284. The van der Waals surface area contributed by atoms with E-state index in [1.807, 2.05) is 38.1 Å². The van der Waals surface area contributed by atoms with Gasteiger partial charge in [-0.1, -0.05) is 36.7 Å². The summed E-state index contributed by atoms with van der Waals surface area (Å²) >= 11 is 6.30. The predicted molar refractivity (Wildman–Crippen MR) is 123 cm³/mol. The third kappa shape index (κ3) is 3.94. The Balaban J connectivity index is 1.80. The number of piperidine rings is 1. The molecule has 0 N–H and O–H groups in total. The number of anilines is 1. The number of carbonyl (C=O) groups excluding carboxylic acids is 2. The summed E-state index contributed by atoms with van der Waals surface area (Å²) in [7, 11) is 0. The Morgan fingerprint density at radius 1 is 1.03 bits per heavy atom. The number of ether oxygens (including phenoxy) is 1. The number of imide groups is 1. The van der Waals surface area contributed by atoms with Crippen molar-refractivity contribution in [3.8, 4) is 5.75 Å². The number of halogens is 1. The van der Waals surface area contributed by atoms with Crippen molar-refractivity contribution in [2.24, 2.45) is 5.92 Å². The van der Waals surface area contributed by atoms with Crippen LogP contribution in [0.15, 0.2) is 48.2 Å². The highest BCUT2D eigenvalue weighted by molar-refractivity contribution is 6.46. The molecule has 0 aliphatic carbocycles. The van der Waals surface area contributed by atoms with Crippen LogP contribution < -0.4 is 9.64 Å². The molecule has 162 valence electrons. The zero-order valence-electron chi connectivity index (χ0n) is 18.2. The number of carbonyl (C=O) groups is 2. The van der Waals surface area contributed by atoms with Crippen LogP contribution >= 0.6 is 11.6 Å². The Bertz CT molecular complexity index is 1040. The zero-order valence-corrected chi connectivity index (χ0v) is 18.9. The van der Waals surface area contributed by atoms with Crippen LogP contribution in [0.2, 0.25) is 5.02 Å². The molecule has 2 amide bonds. The Labute approximate surface area is 188 Å². The Morgan fingerprint density at radius 3 is 2.35 bits per heavy atom. The first-order valence-corrected chi connectivity index (χ1v) is 11.2. The van der Waals surface area contributed by atoms with E-state index in [0.717, 1.165) is 37.2 Å². The van der Waals surface area contributed by atoms with Crippen molar-refractivity contribution in [1.29, 1.82) is 0 Å². The van der Waals surface area contributed by atoms with Crippen molar-refractivity contribution in [1.82, 2.24) is 4.90 Å². The average Bonchev–Trinajstić information content (AvgIpc) is 3.02. The van der Waals surface area contributed by atoms with Crippen LogP contribution in [0.25, 0.3) is 5.57 Å². The molecule has 0 atom stereocenters. The van der Waals surface area contributed by atoms with Gasteiger partial charge in [-0.15, -0.1) is 0 Å². The number of nitrogens with zero attached hydrogens (tertiary/aromatic N) is 2. The quantitative estimate of drug-likeness (QED) is 0.612. The topological polar surface area (TPSA) is 49.9 Å². The highest BCUT2D eigenvalue weighted by Gasteiger charge is 2.43. The van der Waals surface area contributed by atoms with Gasteiger partial charge in [0.15, 0.2) is 0 Å². The van der Waals surface area contributed by atoms with Gasteiger partial charge in [-0.05, 0) is 68.0 Å². The molecule has 5 nitrogen and oxygen atoms in total. The molecule has 4 rings (SSSR count). The van der Waals surface area contributed by atoms with Crippen LogP contribution in [0.3, 0.4) is 0 Å². The second kappa shape index (κ2) is 8.75. The van der Waals surface area contributed by atoms with E-state index in [0.29, 0.717) is 40.1 Å². The van der Waals surface area contributed by atoms with Crippen LogP contribution in [0, 0.1) is 12.8 Å². The Morgan fingerprint density at radius 2 is 1.71 bits per heavy atom.